The maximum absolute atomic E-state index is 12.1. The predicted octanol–water partition coefficient (Wildman–Crippen LogP) is 3.06. The summed E-state index contributed by atoms with van der Waals surface area (Å²) in [5.74, 6) is 1.16. The average Bonchev–Trinajstić information content (AvgIpc) is 3.02. The minimum atomic E-state index is -0.202. The van der Waals surface area contributed by atoms with Gasteiger partial charge in [0.25, 0.3) is 0 Å². The number of rotatable bonds is 4. The fourth-order valence-corrected chi connectivity index (χ4v) is 3.88. The van der Waals surface area contributed by atoms with Crippen LogP contribution in [0.1, 0.15) is 63.8 Å². The van der Waals surface area contributed by atoms with Crippen LogP contribution in [0, 0.1) is 5.92 Å². The molecule has 1 heterocycles. The molecule has 2 saturated carbocycles. The summed E-state index contributed by atoms with van der Waals surface area (Å²) in [4.78, 5) is 12.1. The second-order valence-corrected chi connectivity index (χ2v) is 6.97. The third kappa shape index (κ3) is 4.47. The van der Waals surface area contributed by atoms with Gasteiger partial charge in [-0.3, -0.25) is 5.32 Å². The van der Waals surface area contributed by atoms with Crippen LogP contribution < -0.4 is 10.6 Å². The predicted molar refractivity (Wildman–Crippen MR) is 89.3 cm³/mol. The van der Waals surface area contributed by atoms with Crippen LogP contribution in [0.15, 0.2) is 12.3 Å². The Labute approximate surface area is 137 Å². The van der Waals surface area contributed by atoms with Crippen LogP contribution in [0.4, 0.5) is 10.6 Å². The largest absolute Gasteiger partial charge is 0.393 e. The Morgan fingerprint density at radius 3 is 2.83 bits per heavy atom. The van der Waals surface area contributed by atoms with Gasteiger partial charge >= 0.3 is 6.03 Å². The maximum Gasteiger partial charge on any atom is 0.320 e. The molecule has 2 fully saturated rings. The number of aliphatic hydroxyl groups is 1. The minimum Gasteiger partial charge on any atom is -0.393 e. The molecule has 0 spiro atoms. The smallest absolute Gasteiger partial charge is 0.320 e. The first-order valence-electron chi connectivity index (χ1n) is 8.99. The summed E-state index contributed by atoms with van der Waals surface area (Å²) in [6.07, 6.45) is 11.4. The Hall–Kier alpha value is -1.56. The number of hydrogen-bond acceptors (Lipinski definition) is 3. The monoisotopic (exact) mass is 320 g/mol. The fourth-order valence-electron chi connectivity index (χ4n) is 3.88. The normalized spacial score (nSPS) is 26.0. The number of aliphatic hydroxyl groups excluding tert-OH is 1. The van der Waals surface area contributed by atoms with E-state index in [1.54, 1.807) is 6.20 Å². The van der Waals surface area contributed by atoms with Gasteiger partial charge in [0.15, 0.2) is 0 Å². The van der Waals surface area contributed by atoms with Gasteiger partial charge in [-0.25, -0.2) is 9.48 Å². The molecule has 3 rings (SSSR count). The summed E-state index contributed by atoms with van der Waals surface area (Å²) < 4.78 is 1.96. The van der Waals surface area contributed by atoms with Gasteiger partial charge in [0.1, 0.15) is 5.82 Å². The van der Waals surface area contributed by atoms with E-state index in [4.69, 9.17) is 0 Å². The summed E-state index contributed by atoms with van der Waals surface area (Å²) in [7, 11) is 0. The number of nitrogens with one attached hydrogen (secondary N) is 2. The van der Waals surface area contributed by atoms with E-state index in [1.165, 1.54) is 19.3 Å². The quantitative estimate of drug-likeness (QED) is 0.797. The molecule has 1 aromatic heterocycles. The first-order chi connectivity index (χ1) is 11.2. The molecule has 6 nitrogen and oxygen atoms in total. The molecule has 3 N–H and O–H groups in total. The number of carbonyl (C=O) groups excluding carboxylic acids is 1. The third-order valence-corrected chi connectivity index (χ3v) is 5.14. The minimum absolute atomic E-state index is 0.178. The van der Waals surface area contributed by atoms with Crippen LogP contribution in [0.2, 0.25) is 0 Å². The van der Waals surface area contributed by atoms with Crippen molar-refractivity contribution in [2.75, 3.05) is 11.9 Å². The van der Waals surface area contributed by atoms with E-state index in [2.05, 4.69) is 15.7 Å². The molecule has 0 radical (unpaired) electrons. The summed E-state index contributed by atoms with van der Waals surface area (Å²) in [6.45, 7) is 0.625. The van der Waals surface area contributed by atoms with Crippen molar-refractivity contribution in [3.05, 3.63) is 12.3 Å². The van der Waals surface area contributed by atoms with Crippen LogP contribution in [0.25, 0.3) is 0 Å². The van der Waals surface area contributed by atoms with Crippen LogP contribution in [0.5, 0.6) is 0 Å². The van der Waals surface area contributed by atoms with Gasteiger partial charge < -0.3 is 10.4 Å². The lowest BCUT2D eigenvalue weighted by Gasteiger charge is -2.26. The van der Waals surface area contributed by atoms with Crippen LogP contribution in [-0.2, 0) is 0 Å². The highest BCUT2D eigenvalue weighted by molar-refractivity contribution is 5.88. The molecular weight excluding hydrogens is 292 g/mol. The highest BCUT2D eigenvalue weighted by Crippen LogP contribution is 2.30. The Morgan fingerprint density at radius 1 is 1.22 bits per heavy atom. The second-order valence-electron chi connectivity index (χ2n) is 6.97. The number of urea groups is 1. The SMILES string of the molecule is O=C(NCC1CCCC(O)C1)Nc1ccnn1C1CCCCC1. The Bertz CT molecular complexity index is 510. The lowest BCUT2D eigenvalue weighted by atomic mass is 9.87. The number of nitrogens with zero attached hydrogens (tertiary/aromatic N) is 2. The van der Waals surface area contributed by atoms with Gasteiger partial charge in [-0.1, -0.05) is 25.7 Å². The molecule has 128 valence electrons. The van der Waals surface area contributed by atoms with Crippen molar-refractivity contribution in [3.63, 3.8) is 0 Å². The van der Waals surface area contributed by atoms with Crippen molar-refractivity contribution in [3.8, 4) is 0 Å². The van der Waals surface area contributed by atoms with E-state index >= 15 is 0 Å². The van der Waals surface area contributed by atoms with E-state index in [-0.39, 0.29) is 12.1 Å². The number of carbonyl (C=O) groups is 1. The molecular formula is C17H28N4O2. The fraction of sp³-hybridized carbons (Fsp3) is 0.765. The summed E-state index contributed by atoms with van der Waals surface area (Å²) in [5.41, 5.74) is 0. The lowest BCUT2D eigenvalue weighted by molar-refractivity contribution is 0.101. The van der Waals surface area contributed by atoms with E-state index in [0.29, 0.717) is 18.5 Å². The first-order valence-corrected chi connectivity index (χ1v) is 8.99. The van der Waals surface area contributed by atoms with Crippen LogP contribution in [0.3, 0.4) is 0 Å². The number of hydrogen-bond donors (Lipinski definition) is 3. The molecule has 0 saturated heterocycles. The lowest BCUT2D eigenvalue weighted by Crippen LogP contribution is -2.36. The van der Waals surface area contributed by atoms with Crippen molar-refractivity contribution in [1.82, 2.24) is 15.1 Å². The van der Waals surface area contributed by atoms with E-state index in [1.807, 2.05) is 10.7 Å². The molecule has 0 aromatic carbocycles. The summed E-state index contributed by atoms with van der Waals surface area (Å²) in [6, 6.07) is 2.09. The third-order valence-electron chi connectivity index (χ3n) is 5.14. The van der Waals surface area contributed by atoms with Crippen LogP contribution >= 0.6 is 0 Å². The first kappa shape index (κ1) is 16.3. The van der Waals surface area contributed by atoms with Crippen molar-refractivity contribution >= 4 is 11.8 Å². The van der Waals surface area contributed by atoms with Crippen molar-refractivity contribution in [1.29, 1.82) is 0 Å². The van der Waals surface area contributed by atoms with Gasteiger partial charge in [0.05, 0.1) is 18.3 Å². The highest BCUT2D eigenvalue weighted by atomic mass is 16.3. The van der Waals surface area contributed by atoms with Crippen molar-refractivity contribution in [2.45, 2.75) is 69.9 Å². The highest BCUT2D eigenvalue weighted by Gasteiger charge is 2.22. The number of amides is 2. The molecule has 2 amide bonds. The number of aromatic nitrogens is 2. The van der Waals surface area contributed by atoms with Crippen molar-refractivity contribution in [2.24, 2.45) is 5.92 Å². The van der Waals surface area contributed by atoms with E-state index in [9.17, 15) is 9.90 Å². The maximum atomic E-state index is 12.1. The molecule has 2 atom stereocenters. The van der Waals surface area contributed by atoms with E-state index in [0.717, 1.165) is 44.3 Å². The van der Waals surface area contributed by atoms with E-state index < -0.39 is 0 Å². The van der Waals surface area contributed by atoms with Gasteiger partial charge in [0, 0.05) is 12.6 Å². The second kappa shape index (κ2) is 7.81. The standard InChI is InChI=1S/C17H28N4O2/c22-15-8-4-5-13(11-15)12-18-17(23)20-16-9-10-19-21(16)14-6-2-1-3-7-14/h9-10,13-15,22H,1-8,11-12H2,(H2,18,20,23). The molecule has 2 aliphatic carbocycles. The topological polar surface area (TPSA) is 79.2 Å². The Morgan fingerprint density at radius 2 is 2.04 bits per heavy atom. The molecule has 1 aromatic rings. The molecule has 0 bridgehead atoms. The molecule has 0 aliphatic heterocycles. The molecule has 23 heavy (non-hydrogen) atoms. The van der Waals surface area contributed by atoms with Gasteiger partial charge in [-0.05, 0) is 38.0 Å². The summed E-state index contributed by atoms with van der Waals surface area (Å²) in [5, 5.41) is 20.0. The van der Waals surface area contributed by atoms with Gasteiger partial charge in [-0.15, -0.1) is 0 Å². The zero-order chi connectivity index (χ0) is 16.1. The van der Waals surface area contributed by atoms with Crippen LogP contribution in [-0.4, -0.2) is 33.6 Å². The molecule has 6 heteroatoms. The Balaban J connectivity index is 1.49. The molecule has 2 aliphatic rings. The Kier molecular flexibility index (Phi) is 5.54. The molecule has 2 unspecified atom stereocenters. The van der Waals surface area contributed by atoms with Gasteiger partial charge in [-0.2, -0.15) is 5.10 Å². The average molecular weight is 320 g/mol. The number of anilines is 1. The van der Waals surface area contributed by atoms with Gasteiger partial charge in [0.2, 0.25) is 0 Å². The summed E-state index contributed by atoms with van der Waals surface area (Å²) >= 11 is 0. The van der Waals surface area contributed by atoms with Crippen molar-refractivity contribution < 1.29 is 9.90 Å². The zero-order valence-electron chi connectivity index (χ0n) is 13.7. The zero-order valence-corrected chi connectivity index (χ0v) is 13.7.